The van der Waals surface area contributed by atoms with Gasteiger partial charge in [0.15, 0.2) is 0 Å². The Morgan fingerprint density at radius 3 is 1.44 bits per heavy atom. The van der Waals surface area contributed by atoms with Crippen molar-refractivity contribution in [2.45, 2.75) is 52.6 Å². The molecule has 2 rings (SSSR count). The number of hydrogen-bond donors (Lipinski definition) is 2. The zero-order valence-electron chi connectivity index (χ0n) is 15.4. The molecule has 2 aromatic rings. The van der Waals surface area contributed by atoms with Gasteiger partial charge in [-0.1, -0.05) is 0 Å². The molecule has 0 spiro atoms. The van der Waals surface area contributed by atoms with E-state index in [0.29, 0.717) is 11.4 Å². The van der Waals surface area contributed by atoms with Crippen LogP contribution in [0.15, 0.2) is 39.5 Å². The van der Waals surface area contributed by atoms with Gasteiger partial charge in [-0.05, 0) is 104 Å². The maximum Gasteiger partial charge on any atom is 0.0901 e. The number of hydroxylamine groups is 2. The van der Waals surface area contributed by atoms with Crippen LogP contribution in [0.1, 0.15) is 41.5 Å². The van der Waals surface area contributed by atoms with E-state index in [0.717, 1.165) is 14.9 Å². The number of rotatable bonds is 3. The van der Waals surface area contributed by atoms with E-state index < -0.39 is 11.1 Å². The van der Waals surface area contributed by atoms with Crippen molar-refractivity contribution in [1.29, 1.82) is 0 Å². The molecule has 7 heteroatoms. The summed E-state index contributed by atoms with van der Waals surface area (Å²) >= 11 is 7.07. The first-order valence-corrected chi connectivity index (χ1v) is 9.57. The number of benzene rings is 1. The van der Waals surface area contributed by atoms with Gasteiger partial charge < -0.3 is 0 Å². The highest BCUT2D eigenvalue weighted by atomic mass is 79.9. The fourth-order valence-corrected chi connectivity index (χ4v) is 3.66. The Bertz CT molecular complexity index is 703. The molecule has 0 aliphatic rings. The largest absolute Gasteiger partial charge is 0.298 e. The van der Waals surface area contributed by atoms with Crippen molar-refractivity contribution in [3.8, 4) is 5.69 Å². The van der Waals surface area contributed by atoms with E-state index in [1.807, 2.05) is 70.4 Å². The van der Waals surface area contributed by atoms with Crippen molar-refractivity contribution < 1.29 is 10.4 Å². The Kier molecular flexibility index (Phi) is 5.64. The van der Waals surface area contributed by atoms with Gasteiger partial charge in [0.1, 0.15) is 0 Å². The monoisotopic (exact) mass is 473 g/mol. The lowest BCUT2D eigenvalue weighted by Gasteiger charge is -2.35. The van der Waals surface area contributed by atoms with Gasteiger partial charge in [-0.2, -0.15) is 0 Å². The van der Waals surface area contributed by atoms with Crippen LogP contribution in [0.2, 0.25) is 0 Å². The lowest BCUT2D eigenvalue weighted by atomic mass is 10.1. The van der Waals surface area contributed by atoms with Crippen LogP contribution in [0.5, 0.6) is 0 Å². The fourth-order valence-electron chi connectivity index (χ4n) is 2.36. The molecule has 0 radical (unpaired) electrons. The van der Waals surface area contributed by atoms with E-state index in [1.165, 1.54) is 10.1 Å². The Balaban J connectivity index is 2.68. The predicted molar refractivity (Wildman–Crippen MR) is 109 cm³/mol. The van der Waals surface area contributed by atoms with Gasteiger partial charge in [-0.3, -0.25) is 25.1 Å². The van der Waals surface area contributed by atoms with Gasteiger partial charge in [0.05, 0.1) is 37.3 Å². The molecule has 0 saturated carbocycles. The van der Waals surface area contributed by atoms with Crippen molar-refractivity contribution >= 4 is 43.2 Å². The van der Waals surface area contributed by atoms with Crippen LogP contribution < -0.4 is 10.1 Å². The second-order valence-electron chi connectivity index (χ2n) is 7.99. The molecular formula is C18H25Br2N3O2. The summed E-state index contributed by atoms with van der Waals surface area (Å²) in [6, 6.07) is 9.38. The van der Waals surface area contributed by atoms with Crippen molar-refractivity contribution in [3.05, 3.63) is 39.5 Å². The molecule has 1 aromatic heterocycles. The molecule has 0 unspecified atom stereocenters. The second kappa shape index (κ2) is 6.95. The summed E-state index contributed by atoms with van der Waals surface area (Å²) in [5.41, 5.74) is 1.03. The molecule has 1 heterocycles. The normalized spacial score (nSPS) is 12.4. The molecule has 0 atom stereocenters. The Morgan fingerprint density at radius 1 is 0.760 bits per heavy atom. The number of anilines is 2. The van der Waals surface area contributed by atoms with E-state index in [4.69, 9.17) is 0 Å². The van der Waals surface area contributed by atoms with Crippen LogP contribution >= 0.6 is 31.9 Å². The summed E-state index contributed by atoms with van der Waals surface area (Å²) in [7, 11) is 0. The molecule has 5 nitrogen and oxygen atoms in total. The summed E-state index contributed by atoms with van der Waals surface area (Å²) in [5.74, 6) is 0. The number of halogens is 2. The third kappa shape index (κ3) is 4.39. The van der Waals surface area contributed by atoms with Gasteiger partial charge in [0.2, 0.25) is 0 Å². The average Bonchev–Trinajstić information content (AvgIpc) is 2.82. The first-order valence-electron chi connectivity index (χ1n) is 7.99. The van der Waals surface area contributed by atoms with E-state index in [1.54, 1.807) is 6.07 Å². The average molecular weight is 475 g/mol. The lowest BCUT2D eigenvalue weighted by molar-refractivity contribution is 0.177. The molecule has 0 aliphatic carbocycles. The lowest BCUT2D eigenvalue weighted by Crippen LogP contribution is -2.40. The minimum absolute atomic E-state index is 0.483. The smallest absolute Gasteiger partial charge is 0.0901 e. The van der Waals surface area contributed by atoms with Gasteiger partial charge >= 0.3 is 0 Å². The minimum atomic E-state index is -0.483. The molecule has 25 heavy (non-hydrogen) atoms. The summed E-state index contributed by atoms with van der Waals surface area (Å²) in [5, 5.41) is 23.7. The van der Waals surface area contributed by atoms with Crippen LogP contribution in [0.25, 0.3) is 5.69 Å². The van der Waals surface area contributed by atoms with Crippen LogP contribution in [-0.4, -0.2) is 26.1 Å². The number of hydrogen-bond acceptors (Lipinski definition) is 4. The SMILES string of the molecule is CC(C)(C)N(O)c1cc(N(O)C(C)(C)C)cc(-n2c(Br)ccc2Br)c1. The topological polar surface area (TPSA) is 51.9 Å². The summed E-state index contributed by atoms with van der Waals surface area (Å²) in [6.07, 6.45) is 0. The van der Waals surface area contributed by atoms with Crippen molar-refractivity contribution in [2.75, 3.05) is 10.1 Å². The van der Waals surface area contributed by atoms with E-state index >= 15 is 0 Å². The highest BCUT2D eigenvalue weighted by Crippen LogP contribution is 2.34. The molecule has 0 amide bonds. The second-order valence-corrected chi connectivity index (χ2v) is 9.61. The molecule has 0 saturated heterocycles. The highest BCUT2D eigenvalue weighted by Gasteiger charge is 2.25. The first-order chi connectivity index (χ1) is 11.3. The number of nitrogens with zero attached hydrogens (tertiary/aromatic N) is 3. The minimum Gasteiger partial charge on any atom is -0.298 e. The van der Waals surface area contributed by atoms with Crippen molar-refractivity contribution in [2.24, 2.45) is 0 Å². The summed E-state index contributed by atoms with van der Waals surface area (Å²) < 4.78 is 3.67. The van der Waals surface area contributed by atoms with Crippen molar-refractivity contribution in [1.82, 2.24) is 4.57 Å². The molecule has 1 aromatic carbocycles. The standard InChI is InChI=1S/C18H25Br2N3O2/c1-17(2,3)22(24)13-9-12(21-15(19)7-8-16(21)20)10-14(11-13)23(25)18(4,5)6/h7-11,24-25H,1-6H3. The summed E-state index contributed by atoms with van der Waals surface area (Å²) in [4.78, 5) is 0. The molecule has 0 aliphatic heterocycles. The highest BCUT2D eigenvalue weighted by molar-refractivity contribution is 9.11. The Labute approximate surface area is 166 Å². The van der Waals surface area contributed by atoms with Crippen LogP contribution in [0.3, 0.4) is 0 Å². The maximum absolute atomic E-state index is 10.6. The quantitative estimate of drug-likeness (QED) is 0.536. The van der Waals surface area contributed by atoms with Gasteiger partial charge in [-0.25, -0.2) is 0 Å². The van der Waals surface area contributed by atoms with Gasteiger partial charge in [-0.15, -0.1) is 0 Å². The Morgan fingerprint density at radius 2 is 1.12 bits per heavy atom. The van der Waals surface area contributed by atoms with Crippen molar-refractivity contribution in [3.63, 3.8) is 0 Å². The van der Waals surface area contributed by atoms with Crippen LogP contribution in [0, 0.1) is 0 Å². The molecule has 2 N–H and O–H groups in total. The maximum atomic E-state index is 10.6. The zero-order valence-corrected chi connectivity index (χ0v) is 18.6. The number of aromatic nitrogens is 1. The van der Waals surface area contributed by atoms with Gasteiger partial charge in [0, 0.05) is 0 Å². The third-order valence-corrected chi connectivity index (χ3v) is 4.93. The van der Waals surface area contributed by atoms with E-state index in [9.17, 15) is 10.4 Å². The molecule has 0 bridgehead atoms. The van der Waals surface area contributed by atoms with Gasteiger partial charge in [0.25, 0.3) is 0 Å². The molecule has 0 fully saturated rings. The van der Waals surface area contributed by atoms with E-state index in [-0.39, 0.29) is 0 Å². The van der Waals surface area contributed by atoms with Crippen LogP contribution in [-0.2, 0) is 0 Å². The molecule has 138 valence electrons. The first kappa shape index (κ1) is 20.3. The fraction of sp³-hybridized carbons (Fsp3) is 0.444. The molecular weight excluding hydrogens is 450 g/mol. The third-order valence-electron chi connectivity index (χ3n) is 3.69. The Hall–Kier alpha value is -1.02. The van der Waals surface area contributed by atoms with Crippen LogP contribution in [0.4, 0.5) is 11.4 Å². The summed E-state index contributed by atoms with van der Waals surface area (Å²) in [6.45, 7) is 11.5. The predicted octanol–water partition coefficient (Wildman–Crippen LogP) is 5.99. The zero-order chi connectivity index (χ0) is 19.2. The van der Waals surface area contributed by atoms with E-state index in [2.05, 4.69) is 31.9 Å².